The molecule has 0 fully saturated rings. The molecule has 1 amide bonds. The number of hydrogen-bond donors (Lipinski definition) is 1. The van der Waals surface area contributed by atoms with E-state index in [2.05, 4.69) is 5.32 Å². The van der Waals surface area contributed by atoms with E-state index >= 15 is 0 Å². The van der Waals surface area contributed by atoms with Crippen molar-refractivity contribution in [3.8, 4) is 5.75 Å². The number of methoxy groups -OCH3 is 1. The van der Waals surface area contributed by atoms with Crippen LogP contribution in [0.1, 0.15) is 30.8 Å². The predicted molar refractivity (Wildman–Crippen MR) is 110 cm³/mol. The summed E-state index contributed by atoms with van der Waals surface area (Å²) >= 11 is 0. The van der Waals surface area contributed by atoms with E-state index in [0.29, 0.717) is 5.56 Å². The minimum Gasteiger partial charge on any atom is -0.497 e. The average Bonchev–Trinajstić information content (AvgIpc) is 2.72. The van der Waals surface area contributed by atoms with Gasteiger partial charge in [0.1, 0.15) is 5.75 Å². The first-order chi connectivity index (χ1) is 13.5. The molecule has 0 aliphatic rings. The first-order valence-electron chi connectivity index (χ1n) is 9.08. The summed E-state index contributed by atoms with van der Waals surface area (Å²) < 4.78 is 29.3. The molecule has 0 unspecified atom stereocenters. The second kappa shape index (κ2) is 10.8. The largest absolute Gasteiger partial charge is 0.497 e. The smallest absolute Gasteiger partial charge is 0.357 e. The Kier molecular flexibility index (Phi) is 8.45. The molecule has 0 spiro atoms. The molecule has 2 rings (SSSR count). The van der Waals surface area contributed by atoms with Gasteiger partial charge in [-0.1, -0.05) is 42.5 Å². The summed E-state index contributed by atoms with van der Waals surface area (Å²) in [7, 11) is -2.00. The Bertz CT molecular complexity index is 810. The fraction of sp³-hybridized carbons (Fsp3) is 0.286. The lowest BCUT2D eigenvalue weighted by atomic mass is 10.2. The van der Waals surface area contributed by atoms with Gasteiger partial charge in [0, 0.05) is 6.08 Å². The van der Waals surface area contributed by atoms with Crippen molar-refractivity contribution in [1.82, 2.24) is 5.32 Å². The molecule has 0 aliphatic carbocycles. The normalized spacial score (nSPS) is 12.7. The zero-order valence-corrected chi connectivity index (χ0v) is 17.2. The minimum absolute atomic E-state index is 0.207. The number of ether oxygens (including phenoxy) is 1. The third-order valence-electron chi connectivity index (χ3n) is 3.87. The van der Waals surface area contributed by atoms with E-state index in [1.807, 2.05) is 42.5 Å². The number of nitrogens with one attached hydrogen (secondary N) is 1. The molecular formula is C21H26NO5P. The average molecular weight is 403 g/mol. The van der Waals surface area contributed by atoms with Crippen LogP contribution in [0.25, 0.3) is 6.08 Å². The van der Waals surface area contributed by atoms with Crippen molar-refractivity contribution < 1.29 is 23.1 Å². The van der Waals surface area contributed by atoms with Gasteiger partial charge in [0.15, 0.2) is 5.78 Å². The van der Waals surface area contributed by atoms with Gasteiger partial charge < -0.3 is 19.1 Å². The zero-order chi connectivity index (χ0) is 20.4. The molecular weight excluding hydrogens is 377 g/mol. The van der Waals surface area contributed by atoms with E-state index in [1.54, 1.807) is 39.2 Å². The van der Waals surface area contributed by atoms with Gasteiger partial charge in [0.05, 0.1) is 20.3 Å². The summed E-state index contributed by atoms with van der Waals surface area (Å²) in [6.45, 7) is 3.88. The molecule has 0 aliphatic heterocycles. The lowest BCUT2D eigenvalue weighted by molar-refractivity contribution is -0.116. The highest BCUT2D eigenvalue weighted by Gasteiger charge is 2.37. The fourth-order valence-corrected chi connectivity index (χ4v) is 4.51. The lowest BCUT2D eigenvalue weighted by Crippen LogP contribution is -2.28. The van der Waals surface area contributed by atoms with Gasteiger partial charge >= 0.3 is 7.60 Å². The second-order valence-corrected chi connectivity index (χ2v) is 7.92. The summed E-state index contributed by atoms with van der Waals surface area (Å²) in [4.78, 5) is 12.5. The molecule has 28 heavy (non-hydrogen) atoms. The number of carbonyl (C=O) groups excluding carboxylic acids is 1. The Morgan fingerprint density at radius 3 is 2.18 bits per heavy atom. The Balaban J connectivity index is 2.22. The van der Waals surface area contributed by atoms with Crippen LogP contribution in [-0.4, -0.2) is 26.2 Å². The SMILES string of the molecule is CCOP(=O)(OCC)[C@@H](NC(=O)/C=C\c1ccc(OC)cc1)c1ccccc1. The van der Waals surface area contributed by atoms with Crippen molar-refractivity contribution in [2.24, 2.45) is 0 Å². The topological polar surface area (TPSA) is 73.9 Å². The van der Waals surface area contributed by atoms with E-state index in [0.717, 1.165) is 11.3 Å². The standard InChI is InChI=1S/C21H26NO5P/c1-4-26-28(24,27-5-2)21(18-9-7-6-8-10-18)22-20(23)16-13-17-11-14-19(25-3)15-12-17/h6-16,21H,4-5H2,1-3H3,(H,22,23)/b16-13-/t21-/m1/s1. The molecule has 6 nitrogen and oxygen atoms in total. The van der Waals surface area contributed by atoms with Crippen LogP contribution in [0.4, 0.5) is 0 Å². The third-order valence-corrected chi connectivity index (χ3v) is 6.17. The van der Waals surface area contributed by atoms with Crippen molar-refractivity contribution in [1.29, 1.82) is 0 Å². The van der Waals surface area contributed by atoms with Crippen LogP contribution < -0.4 is 10.1 Å². The highest BCUT2D eigenvalue weighted by Crippen LogP contribution is 2.59. The van der Waals surface area contributed by atoms with Gasteiger partial charge in [-0.3, -0.25) is 9.36 Å². The maximum Gasteiger partial charge on any atom is 0.357 e. The molecule has 150 valence electrons. The Morgan fingerprint density at radius 1 is 1.04 bits per heavy atom. The van der Waals surface area contributed by atoms with Crippen molar-refractivity contribution >= 4 is 19.6 Å². The molecule has 0 radical (unpaired) electrons. The van der Waals surface area contributed by atoms with Gasteiger partial charge in [-0.2, -0.15) is 0 Å². The van der Waals surface area contributed by atoms with Crippen LogP contribution in [0.15, 0.2) is 60.7 Å². The maximum absolute atomic E-state index is 13.3. The van der Waals surface area contributed by atoms with Crippen LogP contribution in [0.2, 0.25) is 0 Å². The minimum atomic E-state index is -3.59. The van der Waals surface area contributed by atoms with E-state index in [-0.39, 0.29) is 13.2 Å². The van der Waals surface area contributed by atoms with Crippen LogP contribution in [0.5, 0.6) is 5.75 Å². The first kappa shape index (κ1) is 21.9. The molecule has 0 saturated heterocycles. The lowest BCUT2D eigenvalue weighted by Gasteiger charge is -2.27. The van der Waals surface area contributed by atoms with E-state index < -0.39 is 19.3 Å². The molecule has 0 bridgehead atoms. The van der Waals surface area contributed by atoms with Gasteiger partial charge in [0.25, 0.3) is 0 Å². The molecule has 2 aromatic rings. The highest BCUT2D eigenvalue weighted by atomic mass is 31.2. The Labute approximate surface area is 166 Å². The summed E-state index contributed by atoms with van der Waals surface area (Å²) in [5.74, 6) is -0.564. The number of carbonyl (C=O) groups is 1. The summed E-state index contributed by atoms with van der Waals surface area (Å²) in [6, 6.07) is 16.3. The third kappa shape index (κ3) is 6.06. The van der Waals surface area contributed by atoms with Crippen molar-refractivity contribution in [3.05, 3.63) is 71.8 Å². The van der Waals surface area contributed by atoms with Gasteiger partial charge in [-0.05, 0) is 43.2 Å². The van der Waals surface area contributed by atoms with Crippen LogP contribution in [0, 0.1) is 0 Å². The van der Waals surface area contributed by atoms with Crippen LogP contribution >= 0.6 is 7.60 Å². The molecule has 2 aromatic carbocycles. The number of rotatable bonds is 10. The number of benzene rings is 2. The Morgan fingerprint density at radius 2 is 1.64 bits per heavy atom. The van der Waals surface area contributed by atoms with Crippen molar-refractivity contribution in [2.75, 3.05) is 20.3 Å². The quantitative estimate of drug-likeness (QED) is 0.456. The van der Waals surface area contributed by atoms with Gasteiger partial charge in [0.2, 0.25) is 5.91 Å². The van der Waals surface area contributed by atoms with E-state index in [9.17, 15) is 9.36 Å². The highest BCUT2D eigenvalue weighted by molar-refractivity contribution is 7.54. The summed E-state index contributed by atoms with van der Waals surface area (Å²) in [5, 5.41) is 2.77. The van der Waals surface area contributed by atoms with Crippen molar-refractivity contribution in [2.45, 2.75) is 19.6 Å². The number of amides is 1. The maximum atomic E-state index is 13.3. The zero-order valence-electron chi connectivity index (χ0n) is 16.3. The predicted octanol–water partition coefficient (Wildman–Crippen LogP) is 4.79. The molecule has 0 aromatic heterocycles. The van der Waals surface area contributed by atoms with Crippen LogP contribution in [0.3, 0.4) is 0 Å². The van der Waals surface area contributed by atoms with E-state index in [1.165, 1.54) is 6.08 Å². The van der Waals surface area contributed by atoms with Crippen LogP contribution in [-0.2, 0) is 18.4 Å². The molecule has 7 heteroatoms. The first-order valence-corrected chi connectivity index (χ1v) is 10.7. The second-order valence-electron chi connectivity index (χ2n) is 5.80. The van der Waals surface area contributed by atoms with Crippen molar-refractivity contribution in [3.63, 3.8) is 0 Å². The van der Waals surface area contributed by atoms with Gasteiger partial charge in [-0.15, -0.1) is 0 Å². The summed E-state index contributed by atoms with van der Waals surface area (Å²) in [6.07, 6.45) is 3.06. The molecule has 1 N–H and O–H groups in total. The molecule has 1 atom stereocenters. The fourth-order valence-electron chi connectivity index (χ4n) is 2.60. The molecule has 0 saturated carbocycles. The monoisotopic (exact) mass is 403 g/mol. The Hall–Kier alpha value is -2.40. The van der Waals surface area contributed by atoms with E-state index in [4.69, 9.17) is 13.8 Å². The summed E-state index contributed by atoms with van der Waals surface area (Å²) in [5.41, 5.74) is 1.49. The number of hydrogen-bond acceptors (Lipinski definition) is 5. The molecule has 0 heterocycles. The van der Waals surface area contributed by atoms with Gasteiger partial charge in [-0.25, -0.2) is 0 Å².